The summed E-state index contributed by atoms with van der Waals surface area (Å²) in [5.41, 5.74) is 2.21. The summed E-state index contributed by atoms with van der Waals surface area (Å²) in [7, 11) is -3.23. The molecule has 0 aliphatic carbocycles. The maximum atomic E-state index is 11.4. The topological polar surface area (TPSA) is 85.7 Å². The molecule has 2 aliphatic heterocycles. The van der Waals surface area contributed by atoms with E-state index in [1.165, 1.54) is 6.26 Å². The Morgan fingerprint density at radius 1 is 1.28 bits per heavy atom. The van der Waals surface area contributed by atoms with Crippen molar-refractivity contribution in [2.24, 2.45) is 0 Å². The molecular formula is C16H20N4O4S. The molecule has 0 amide bonds. The van der Waals surface area contributed by atoms with Crippen LogP contribution in [0.15, 0.2) is 30.5 Å². The Balaban J connectivity index is 1.49. The third kappa shape index (κ3) is 3.63. The molecule has 1 unspecified atom stereocenters. The van der Waals surface area contributed by atoms with E-state index in [2.05, 4.69) is 14.7 Å². The zero-order chi connectivity index (χ0) is 17.4. The van der Waals surface area contributed by atoms with E-state index >= 15 is 0 Å². The first-order valence-electron chi connectivity index (χ1n) is 8.06. The zero-order valence-electron chi connectivity index (χ0n) is 13.9. The van der Waals surface area contributed by atoms with Gasteiger partial charge in [0.15, 0.2) is 11.5 Å². The van der Waals surface area contributed by atoms with Gasteiger partial charge in [0.1, 0.15) is 0 Å². The van der Waals surface area contributed by atoms with Crippen molar-refractivity contribution in [3.05, 3.63) is 41.7 Å². The number of rotatable bonds is 5. The zero-order valence-corrected chi connectivity index (χ0v) is 14.7. The van der Waals surface area contributed by atoms with Gasteiger partial charge in [0, 0.05) is 32.4 Å². The number of fused-ring (bicyclic) bond motifs is 2. The highest BCUT2D eigenvalue weighted by Gasteiger charge is 2.26. The molecule has 2 aliphatic rings. The number of hydrogen-bond donors (Lipinski definition) is 1. The molecule has 1 aromatic carbocycles. The fraction of sp³-hybridized carbons (Fsp3) is 0.438. The van der Waals surface area contributed by atoms with Gasteiger partial charge >= 0.3 is 0 Å². The molecule has 9 heteroatoms. The van der Waals surface area contributed by atoms with Crippen LogP contribution in [0.25, 0.3) is 0 Å². The van der Waals surface area contributed by atoms with Crippen LogP contribution in [-0.4, -0.2) is 49.2 Å². The molecule has 134 valence electrons. The summed E-state index contributed by atoms with van der Waals surface area (Å²) in [6.45, 7) is 2.82. The molecule has 0 radical (unpaired) electrons. The number of aromatic nitrogens is 2. The Kier molecular flexibility index (Phi) is 4.14. The fourth-order valence-corrected chi connectivity index (χ4v) is 3.78. The van der Waals surface area contributed by atoms with Gasteiger partial charge in [-0.1, -0.05) is 6.07 Å². The van der Waals surface area contributed by atoms with Gasteiger partial charge < -0.3 is 9.47 Å². The lowest BCUT2D eigenvalue weighted by molar-refractivity contribution is 0.167. The molecule has 1 N–H and O–H groups in total. The van der Waals surface area contributed by atoms with Gasteiger partial charge in [-0.05, 0) is 23.8 Å². The predicted octanol–water partition coefficient (Wildman–Crippen LogP) is 0.718. The first-order valence-corrected chi connectivity index (χ1v) is 9.95. The standard InChI is InChI=1S/C16H20N4O4S/c1-25(21,22)18-7-14-10-19(9-13-4-5-17-20(13)14)8-12-2-3-15-16(6-12)24-11-23-15/h2-6,14,18H,7-11H2,1H3. The largest absolute Gasteiger partial charge is 0.454 e. The van der Waals surface area contributed by atoms with Gasteiger partial charge in [-0.3, -0.25) is 9.58 Å². The Morgan fingerprint density at radius 2 is 2.12 bits per heavy atom. The fourth-order valence-electron chi connectivity index (χ4n) is 3.28. The van der Waals surface area contributed by atoms with E-state index in [4.69, 9.17) is 9.47 Å². The molecule has 0 saturated carbocycles. The maximum Gasteiger partial charge on any atom is 0.231 e. The minimum absolute atomic E-state index is 0.0394. The van der Waals surface area contributed by atoms with Gasteiger partial charge in [0.2, 0.25) is 16.8 Å². The maximum absolute atomic E-state index is 11.4. The highest BCUT2D eigenvalue weighted by atomic mass is 32.2. The van der Waals surface area contributed by atoms with Crippen molar-refractivity contribution in [3.63, 3.8) is 0 Å². The van der Waals surface area contributed by atoms with Crippen molar-refractivity contribution in [1.29, 1.82) is 0 Å². The van der Waals surface area contributed by atoms with E-state index in [1.54, 1.807) is 6.20 Å². The van der Waals surface area contributed by atoms with Crippen LogP contribution < -0.4 is 14.2 Å². The van der Waals surface area contributed by atoms with Crippen LogP contribution in [0.2, 0.25) is 0 Å². The van der Waals surface area contributed by atoms with Gasteiger partial charge in [-0.15, -0.1) is 0 Å². The Morgan fingerprint density at radius 3 is 2.96 bits per heavy atom. The van der Waals surface area contributed by atoms with E-state index in [0.29, 0.717) is 13.1 Å². The van der Waals surface area contributed by atoms with Crippen LogP contribution in [0.3, 0.4) is 0 Å². The second-order valence-corrected chi connectivity index (χ2v) is 8.23. The number of nitrogens with zero attached hydrogens (tertiary/aromatic N) is 3. The van der Waals surface area contributed by atoms with Crippen LogP contribution >= 0.6 is 0 Å². The molecule has 0 bridgehead atoms. The number of benzene rings is 1. The minimum atomic E-state index is -3.23. The summed E-state index contributed by atoms with van der Waals surface area (Å²) < 4.78 is 38.1. The summed E-state index contributed by atoms with van der Waals surface area (Å²) in [5, 5.41) is 4.35. The van der Waals surface area contributed by atoms with E-state index in [0.717, 1.165) is 35.8 Å². The van der Waals surface area contributed by atoms with Crippen molar-refractivity contribution < 1.29 is 17.9 Å². The highest BCUT2D eigenvalue weighted by Crippen LogP contribution is 2.33. The first-order chi connectivity index (χ1) is 12.0. The first kappa shape index (κ1) is 16.4. The summed E-state index contributed by atoms with van der Waals surface area (Å²) in [6.07, 6.45) is 2.93. The van der Waals surface area contributed by atoms with Crippen molar-refractivity contribution in [2.75, 3.05) is 26.1 Å². The normalized spacial score (nSPS) is 19.8. The summed E-state index contributed by atoms with van der Waals surface area (Å²) >= 11 is 0. The SMILES string of the molecule is CS(=O)(=O)NCC1CN(Cc2ccc3c(c2)OCO3)Cc2ccnn21. The van der Waals surface area contributed by atoms with Crippen LogP contribution in [0, 0.1) is 0 Å². The molecule has 1 atom stereocenters. The lowest BCUT2D eigenvalue weighted by Crippen LogP contribution is -2.42. The second kappa shape index (κ2) is 6.32. The van der Waals surface area contributed by atoms with Crippen LogP contribution in [0.1, 0.15) is 17.3 Å². The van der Waals surface area contributed by atoms with Crippen LogP contribution in [-0.2, 0) is 23.1 Å². The summed E-state index contributed by atoms with van der Waals surface area (Å²) in [6, 6.07) is 7.89. The monoisotopic (exact) mass is 364 g/mol. The minimum Gasteiger partial charge on any atom is -0.454 e. The third-order valence-corrected chi connectivity index (χ3v) is 5.07. The number of ether oxygens (including phenoxy) is 2. The Labute approximate surface area is 146 Å². The van der Waals surface area contributed by atoms with Gasteiger partial charge in [0.25, 0.3) is 0 Å². The number of sulfonamides is 1. The number of hydrogen-bond acceptors (Lipinski definition) is 6. The average molecular weight is 364 g/mol. The molecule has 0 spiro atoms. The second-order valence-electron chi connectivity index (χ2n) is 6.40. The summed E-state index contributed by atoms with van der Waals surface area (Å²) in [5.74, 6) is 1.55. The van der Waals surface area contributed by atoms with Crippen molar-refractivity contribution in [2.45, 2.75) is 19.1 Å². The van der Waals surface area contributed by atoms with Crippen LogP contribution in [0.5, 0.6) is 11.5 Å². The lowest BCUT2D eigenvalue weighted by atomic mass is 10.1. The highest BCUT2D eigenvalue weighted by molar-refractivity contribution is 7.88. The predicted molar refractivity (Wildman–Crippen MR) is 90.8 cm³/mol. The van der Waals surface area contributed by atoms with E-state index in [9.17, 15) is 8.42 Å². The molecule has 0 fully saturated rings. The summed E-state index contributed by atoms with van der Waals surface area (Å²) in [4.78, 5) is 2.28. The molecule has 0 saturated heterocycles. The molecular weight excluding hydrogens is 344 g/mol. The Hall–Kier alpha value is -2.10. The molecule has 25 heavy (non-hydrogen) atoms. The van der Waals surface area contributed by atoms with Gasteiger partial charge in [-0.2, -0.15) is 5.10 Å². The third-order valence-electron chi connectivity index (χ3n) is 4.38. The molecule has 2 aromatic rings. The molecule has 4 rings (SSSR count). The van der Waals surface area contributed by atoms with E-state index in [-0.39, 0.29) is 12.8 Å². The number of nitrogens with one attached hydrogen (secondary N) is 1. The Bertz CT molecular complexity index is 880. The smallest absolute Gasteiger partial charge is 0.231 e. The quantitative estimate of drug-likeness (QED) is 0.841. The average Bonchev–Trinajstić information content (AvgIpc) is 3.19. The molecule has 8 nitrogen and oxygen atoms in total. The van der Waals surface area contributed by atoms with Crippen molar-refractivity contribution in [3.8, 4) is 11.5 Å². The van der Waals surface area contributed by atoms with E-state index < -0.39 is 10.0 Å². The van der Waals surface area contributed by atoms with Gasteiger partial charge in [-0.25, -0.2) is 13.1 Å². The van der Waals surface area contributed by atoms with Crippen molar-refractivity contribution >= 4 is 10.0 Å². The van der Waals surface area contributed by atoms with E-state index in [1.807, 2.05) is 28.9 Å². The molecule has 1 aromatic heterocycles. The van der Waals surface area contributed by atoms with Crippen LogP contribution in [0.4, 0.5) is 0 Å². The lowest BCUT2D eigenvalue weighted by Gasteiger charge is -2.34. The van der Waals surface area contributed by atoms with Gasteiger partial charge in [0.05, 0.1) is 18.0 Å². The molecule has 3 heterocycles. The van der Waals surface area contributed by atoms with Crippen molar-refractivity contribution in [1.82, 2.24) is 19.4 Å².